The van der Waals surface area contributed by atoms with E-state index in [9.17, 15) is 9.59 Å². The average Bonchev–Trinajstić information content (AvgIpc) is 2.47. The van der Waals surface area contributed by atoms with Gasteiger partial charge in [-0.15, -0.1) is 6.58 Å². The zero-order valence-corrected chi connectivity index (χ0v) is 13.3. The van der Waals surface area contributed by atoms with Gasteiger partial charge in [0, 0.05) is 32.6 Å². The van der Waals surface area contributed by atoms with Gasteiger partial charge in [0.15, 0.2) is 0 Å². The number of likely N-dealkylation sites (N-methyl/N-ethyl adjacent to an activating group) is 1. The summed E-state index contributed by atoms with van der Waals surface area (Å²) >= 11 is 0. The van der Waals surface area contributed by atoms with E-state index in [0.717, 1.165) is 0 Å². The van der Waals surface area contributed by atoms with Crippen LogP contribution in [0, 0.1) is 0 Å². The van der Waals surface area contributed by atoms with Gasteiger partial charge in [-0.05, 0) is 34.1 Å². The van der Waals surface area contributed by atoms with E-state index < -0.39 is 5.54 Å². The quantitative estimate of drug-likeness (QED) is 0.650. The maximum absolute atomic E-state index is 12.4. The Labute approximate surface area is 122 Å². The van der Waals surface area contributed by atoms with Gasteiger partial charge in [-0.3, -0.25) is 9.59 Å². The van der Waals surface area contributed by atoms with Crippen molar-refractivity contribution in [2.75, 3.05) is 26.2 Å². The Morgan fingerprint density at radius 2 is 1.50 bits per heavy atom. The third-order valence-corrected chi connectivity index (χ3v) is 3.68. The third kappa shape index (κ3) is 4.63. The molecule has 1 atom stereocenters. The van der Waals surface area contributed by atoms with Crippen molar-refractivity contribution < 1.29 is 9.59 Å². The van der Waals surface area contributed by atoms with Gasteiger partial charge in [-0.25, -0.2) is 0 Å². The van der Waals surface area contributed by atoms with Crippen molar-refractivity contribution in [3.63, 3.8) is 0 Å². The highest BCUT2D eigenvalue weighted by atomic mass is 16.2. The van der Waals surface area contributed by atoms with Crippen LogP contribution in [0.15, 0.2) is 12.7 Å². The second kappa shape index (κ2) is 8.74. The van der Waals surface area contributed by atoms with Crippen molar-refractivity contribution >= 4 is 11.8 Å². The first-order chi connectivity index (χ1) is 9.39. The predicted molar refractivity (Wildman–Crippen MR) is 82.2 cm³/mol. The normalized spacial score (nSPS) is 13.4. The molecule has 0 spiro atoms. The number of hydrogen-bond acceptors (Lipinski definition) is 3. The maximum atomic E-state index is 12.4. The predicted octanol–water partition coefficient (Wildman–Crippen LogP) is 1.39. The van der Waals surface area contributed by atoms with E-state index in [0.29, 0.717) is 32.6 Å². The van der Waals surface area contributed by atoms with E-state index >= 15 is 0 Å². The van der Waals surface area contributed by atoms with E-state index in [-0.39, 0.29) is 18.2 Å². The fourth-order valence-corrected chi connectivity index (χ4v) is 2.15. The number of carbonyl (C=O) groups excluding carboxylic acids is 2. The molecule has 0 fully saturated rings. The summed E-state index contributed by atoms with van der Waals surface area (Å²) < 4.78 is 0. The molecule has 5 heteroatoms. The zero-order valence-electron chi connectivity index (χ0n) is 13.3. The summed E-state index contributed by atoms with van der Waals surface area (Å²) in [5, 5.41) is 0. The molecule has 116 valence electrons. The number of rotatable bonds is 9. The molecule has 0 aliphatic heterocycles. The van der Waals surface area contributed by atoms with E-state index in [1.54, 1.807) is 9.80 Å². The van der Waals surface area contributed by atoms with Crippen LogP contribution in [0.5, 0.6) is 0 Å². The molecular weight excluding hydrogens is 254 g/mol. The van der Waals surface area contributed by atoms with Gasteiger partial charge in [-0.1, -0.05) is 6.08 Å². The van der Waals surface area contributed by atoms with E-state index in [1.807, 2.05) is 27.7 Å². The lowest BCUT2D eigenvalue weighted by Gasteiger charge is -2.31. The van der Waals surface area contributed by atoms with Crippen LogP contribution in [0.4, 0.5) is 0 Å². The number of carbonyl (C=O) groups is 2. The van der Waals surface area contributed by atoms with Gasteiger partial charge >= 0.3 is 0 Å². The highest BCUT2D eigenvalue weighted by molar-refractivity contribution is 5.89. The maximum Gasteiger partial charge on any atom is 0.246 e. The lowest BCUT2D eigenvalue weighted by atomic mass is 9.92. The Morgan fingerprint density at radius 1 is 1.05 bits per heavy atom. The topological polar surface area (TPSA) is 66.6 Å². The first kappa shape index (κ1) is 18.6. The molecule has 0 saturated carbocycles. The Balaban J connectivity index is 4.79. The molecule has 0 bridgehead atoms. The van der Waals surface area contributed by atoms with Gasteiger partial charge in [0.25, 0.3) is 0 Å². The minimum Gasteiger partial charge on any atom is -0.343 e. The first-order valence-corrected chi connectivity index (χ1v) is 7.39. The Morgan fingerprint density at radius 3 is 1.85 bits per heavy atom. The molecule has 0 saturated heterocycles. The van der Waals surface area contributed by atoms with E-state index in [2.05, 4.69) is 6.58 Å². The van der Waals surface area contributed by atoms with Crippen LogP contribution in [0.1, 0.15) is 40.5 Å². The van der Waals surface area contributed by atoms with Crippen molar-refractivity contribution in [3.05, 3.63) is 12.7 Å². The average molecular weight is 283 g/mol. The minimum atomic E-state index is -1.16. The third-order valence-electron chi connectivity index (χ3n) is 3.68. The lowest BCUT2D eigenvalue weighted by Crippen LogP contribution is -2.54. The molecule has 0 aromatic carbocycles. The van der Waals surface area contributed by atoms with Crippen LogP contribution in [0.2, 0.25) is 0 Å². The fraction of sp³-hybridized carbons (Fsp3) is 0.733. The van der Waals surface area contributed by atoms with Gasteiger partial charge < -0.3 is 15.5 Å². The van der Waals surface area contributed by atoms with E-state index in [4.69, 9.17) is 5.73 Å². The van der Waals surface area contributed by atoms with Crippen LogP contribution in [0.25, 0.3) is 0 Å². The number of nitrogens with zero attached hydrogens (tertiary/aromatic N) is 2. The Kier molecular flexibility index (Phi) is 8.15. The summed E-state index contributed by atoms with van der Waals surface area (Å²) in [7, 11) is 0. The molecule has 5 nitrogen and oxygen atoms in total. The molecule has 20 heavy (non-hydrogen) atoms. The van der Waals surface area contributed by atoms with Crippen molar-refractivity contribution in [1.29, 1.82) is 0 Å². The zero-order chi connectivity index (χ0) is 15.8. The van der Waals surface area contributed by atoms with Crippen molar-refractivity contribution in [1.82, 2.24) is 9.80 Å². The summed E-state index contributed by atoms with van der Waals surface area (Å²) in [6.07, 6.45) is 2.02. The standard InChI is InChI=1S/C15H29N3O2/c1-6-15(16,14(20)18(9-4)10-5)12-11-13(19)17(7-2)8-3/h6H,1,7-12,16H2,2-5H3. The Bertz CT molecular complexity index is 336. The summed E-state index contributed by atoms with van der Waals surface area (Å²) in [4.78, 5) is 27.8. The monoisotopic (exact) mass is 283 g/mol. The van der Waals surface area contributed by atoms with Crippen LogP contribution < -0.4 is 5.73 Å². The molecule has 2 N–H and O–H groups in total. The number of amides is 2. The smallest absolute Gasteiger partial charge is 0.246 e. The van der Waals surface area contributed by atoms with Crippen LogP contribution in [-0.4, -0.2) is 53.3 Å². The van der Waals surface area contributed by atoms with Crippen LogP contribution in [-0.2, 0) is 9.59 Å². The summed E-state index contributed by atoms with van der Waals surface area (Å²) in [5.74, 6) is -0.135. The van der Waals surface area contributed by atoms with Gasteiger partial charge in [0.1, 0.15) is 5.54 Å². The van der Waals surface area contributed by atoms with Gasteiger partial charge in [-0.2, -0.15) is 0 Å². The van der Waals surface area contributed by atoms with Crippen LogP contribution in [0.3, 0.4) is 0 Å². The largest absolute Gasteiger partial charge is 0.343 e. The number of hydrogen-bond donors (Lipinski definition) is 1. The molecule has 0 rings (SSSR count). The summed E-state index contributed by atoms with van der Waals surface area (Å²) in [6.45, 7) is 13.9. The molecule has 1 unspecified atom stereocenters. The second-order valence-electron chi connectivity index (χ2n) is 4.79. The molecule has 0 radical (unpaired) electrons. The summed E-state index contributed by atoms with van der Waals surface area (Å²) in [6, 6.07) is 0. The minimum absolute atomic E-state index is 0.0269. The molecule has 0 aromatic heterocycles. The van der Waals surface area contributed by atoms with Crippen LogP contribution >= 0.6 is 0 Å². The fourth-order valence-electron chi connectivity index (χ4n) is 2.15. The molecule has 0 heterocycles. The van der Waals surface area contributed by atoms with Crippen molar-refractivity contribution in [2.45, 2.75) is 46.1 Å². The van der Waals surface area contributed by atoms with Crippen molar-refractivity contribution in [2.24, 2.45) is 5.73 Å². The second-order valence-corrected chi connectivity index (χ2v) is 4.79. The number of nitrogens with two attached hydrogens (primary N) is 1. The molecular formula is C15H29N3O2. The highest BCUT2D eigenvalue weighted by Gasteiger charge is 2.34. The molecule has 0 aliphatic rings. The first-order valence-electron chi connectivity index (χ1n) is 7.39. The highest BCUT2D eigenvalue weighted by Crippen LogP contribution is 2.16. The van der Waals surface area contributed by atoms with Crippen molar-refractivity contribution in [3.8, 4) is 0 Å². The van der Waals surface area contributed by atoms with E-state index in [1.165, 1.54) is 6.08 Å². The molecule has 2 amide bonds. The molecule has 0 aliphatic carbocycles. The van der Waals surface area contributed by atoms with Gasteiger partial charge in [0.05, 0.1) is 0 Å². The molecule has 0 aromatic rings. The lowest BCUT2D eigenvalue weighted by molar-refractivity contribution is -0.136. The summed E-state index contributed by atoms with van der Waals surface area (Å²) in [5.41, 5.74) is 4.99. The Hall–Kier alpha value is -1.36. The van der Waals surface area contributed by atoms with Gasteiger partial charge in [0.2, 0.25) is 11.8 Å². The SMILES string of the molecule is C=CC(N)(CCC(=O)N(CC)CC)C(=O)N(CC)CC.